The summed E-state index contributed by atoms with van der Waals surface area (Å²) in [6, 6.07) is 18.7. The summed E-state index contributed by atoms with van der Waals surface area (Å²) in [6.07, 6.45) is 6.10. The number of hydrogen-bond acceptors (Lipinski definition) is 3. The molecule has 3 aromatic rings. The van der Waals surface area contributed by atoms with Gasteiger partial charge >= 0.3 is 0 Å². The molecular weight excluding hydrogens is 356 g/mol. The first-order chi connectivity index (χ1) is 14.0. The van der Waals surface area contributed by atoms with Crippen LogP contribution < -0.4 is 16.4 Å². The Morgan fingerprint density at radius 3 is 2.31 bits per heavy atom. The van der Waals surface area contributed by atoms with Gasteiger partial charge in [0.25, 0.3) is 0 Å². The topological polar surface area (TPSA) is 60.2 Å². The van der Waals surface area contributed by atoms with Gasteiger partial charge in [0.05, 0.1) is 11.4 Å². The minimum atomic E-state index is 0.708. The van der Waals surface area contributed by atoms with Crippen LogP contribution in [0.3, 0.4) is 0 Å². The van der Waals surface area contributed by atoms with Crippen molar-refractivity contribution in [2.24, 2.45) is 5.73 Å². The Labute approximate surface area is 172 Å². The van der Waals surface area contributed by atoms with Crippen molar-refractivity contribution in [2.75, 3.05) is 23.7 Å². The molecule has 0 unspecified atom stereocenters. The highest BCUT2D eigenvalue weighted by atomic mass is 15.1. The summed E-state index contributed by atoms with van der Waals surface area (Å²) in [5.41, 5.74) is 20.8. The quantitative estimate of drug-likeness (QED) is 0.624. The van der Waals surface area contributed by atoms with Crippen molar-refractivity contribution in [3.63, 3.8) is 0 Å². The van der Waals surface area contributed by atoms with E-state index in [1.54, 1.807) is 0 Å². The van der Waals surface area contributed by atoms with Gasteiger partial charge in [-0.1, -0.05) is 36.4 Å². The second-order valence-electron chi connectivity index (χ2n) is 7.69. The van der Waals surface area contributed by atoms with Gasteiger partial charge in [-0.15, -0.1) is 0 Å². The Hall–Kier alpha value is -3.40. The van der Waals surface area contributed by atoms with Gasteiger partial charge in [-0.25, -0.2) is 0 Å². The SMILES string of the molecule is C=C1CCN(c2ccc(-n3ccc(N)c3/C=C(\N)c3ccccc3C)cc2)CC1. The van der Waals surface area contributed by atoms with Crippen LogP contribution in [0.4, 0.5) is 11.4 Å². The molecule has 0 atom stereocenters. The van der Waals surface area contributed by atoms with Crippen LogP contribution >= 0.6 is 0 Å². The predicted octanol–water partition coefficient (Wildman–Crippen LogP) is 4.98. The monoisotopic (exact) mass is 384 g/mol. The second kappa shape index (κ2) is 7.92. The summed E-state index contributed by atoms with van der Waals surface area (Å²) in [5.74, 6) is 0. The molecule has 4 heteroatoms. The largest absolute Gasteiger partial charge is 0.398 e. The van der Waals surface area contributed by atoms with Gasteiger partial charge in [-0.2, -0.15) is 0 Å². The third-order valence-electron chi connectivity index (χ3n) is 5.67. The van der Waals surface area contributed by atoms with Crippen molar-refractivity contribution in [2.45, 2.75) is 19.8 Å². The van der Waals surface area contributed by atoms with E-state index in [0.29, 0.717) is 11.4 Å². The predicted molar refractivity (Wildman–Crippen MR) is 124 cm³/mol. The van der Waals surface area contributed by atoms with Crippen LogP contribution in [-0.2, 0) is 0 Å². The van der Waals surface area contributed by atoms with Crippen LogP contribution in [0.15, 0.2) is 72.9 Å². The molecular formula is C25H28N4. The maximum absolute atomic E-state index is 6.41. The molecule has 148 valence electrons. The van der Waals surface area contributed by atoms with Crippen molar-refractivity contribution in [3.05, 3.63) is 89.8 Å². The van der Waals surface area contributed by atoms with Gasteiger partial charge in [0.2, 0.25) is 0 Å². The number of aromatic nitrogens is 1. The van der Waals surface area contributed by atoms with E-state index in [4.69, 9.17) is 11.5 Å². The highest BCUT2D eigenvalue weighted by molar-refractivity contribution is 5.83. The summed E-state index contributed by atoms with van der Waals surface area (Å²) in [5, 5.41) is 0. The molecule has 4 nitrogen and oxygen atoms in total. The Kier molecular flexibility index (Phi) is 5.17. The lowest BCUT2D eigenvalue weighted by atomic mass is 10.1. The fraction of sp³-hybridized carbons (Fsp3) is 0.200. The lowest BCUT2D eigenvalue weighted by Gasteiger charge is -2.30. The standard InChI is InChI=1S/C25H28N4/c1-18-11-14-28(15-12-18)20-7-9-21(10-8-20)29-16-13-23(26)25(29)17-24(27)22-6-4-3-5-19(22)2/h3-10,13,16-17H,1,11-12,14-15,26-27H2,2H3/b24-17-. The maximum atomic E-state index is 6.41. The minimum Gasteiger partial charge on any atom is -0.398 e. The molecule has 0 amide bonds. The van der Waals surface area contributed by atoms with E-state index in [-0.39, 0.29) is 0 Å². The highest BCUT2D eigenvalue weighted by Crippen LogP contribution is 2.27. The number of piperidine rings is 1. The lowest BCUT2D eigenvalue weighted by molar-refractivity contribution is 0.687. The van der Waals surface area contributed by atoms with Gasteiger partial charge in [-0.05, 0) is 61.7 Å². The van der Waals surface area contributed by atoms with Crippen LogP contribution in [0.5, 0.6) is 0 Å². The van der Waals surface area contributed by atoms with Crippen LogP contribution in [0.25, 0.3) is 17.5 Å². The molecule has 1 saturated heterocycles. The molecule has 0 aliphatic carbocycles. The number of rotatable bonds is 4. The lowest BCUT2D eigenvalue weighted by Crippen LogP contribution is -2.30. The number of nitrogens with two attached hydrogens (primary N) is 2. The van der Waals surface area contributed by atoms with E-state index in [2.05, 4.69) is 53.3 Å². The maximum Gasteiger partial charge on any atom is 0.0707 e. The first-order valence-electron chi connectivity index (χ1n) is 10.0. The number of nitrogens with zero attached hydrogens (tertiary/aromatic N) is 2. The average Bonchev–Trinajstić information content (AvgIpc) is 3.09. The fourth-order valence-electron chi connectivity index (χ4n) is 3.86. The van der Waals surface area contributed by atoms with Crippen LogP contribution in [0, 0.1) is 6.92 Å². The molecule has 4 rings (SSSR count). The normalized spacial score (nSPS) is 15.0. The van der Waals surface area contributed by atoms with Gasteiger partial charge in [0.15, 0.2) is 0 Å². The third-order valence-corrected chi connectivity index (χ3v) is 5.67. The minimum absolute atomic E-state index is 0.708. The molecule has 1 aliphatic heterocycles. The number of aryl methyl sites for hydroxylation is 1. The number of nitrogen functional groups attached to an aromatic ring is 1. The van der Waals surface area contributed by atoms with Crippen molar-refractivity contribution < 1.29 is 0 Å². The van der Waals surface area contributed by atoms with Gasteiger partial charge < -0.3 is 20.9 Å². The number of anilines is 2. The Morgan fingerprint density at radius 1 is 0.966 bits per heavy atom. The summed E-state index contributed by atoms with van der Waals surface area (Å²) in [4.78, 5) is 2.42. The molecule has 2 heterocycles. The number of hydrogen-bond donors (Lipinski definition) is 2. The van der Waals surface area contributed by atoms with E-state index in [9.17, 15) is 0 Å². The van der Waals surface area contributed by atoms with Gasteiger partial charge in [-0.3, -0.25) is 0 Å². The zero-order chi connectivity index (χ0) is 20.4. The zero-order valence-electron chi connectivity index (χ0n) is 16.9. The molecule has 2 aromatic carbocycles. The van der Waals surface area contributed by atoms with Crippen LogP contribution in [-0.4, -0.2) is 17.7 Å². The van der Waals surface area contributed by atoms with Gasteiger partial charge in [0, 0.05) is 41.9 Å². The summed E-state index contributed by atoms with van der Waals surface area (Å²) in [6.45, 7) is 8.24. The van der Waals surface area contributed by atoms with Crippen molar-refractivity contribution in [1.29, 1.82) is 0 Å². The third kappa shape index (κ3) is 3.92. The first kappa shape index (κ1) is 18.9. The molecule has 1 aromatic heterocycles. The Morgan fingerprint density at radius 2 is 1.62 bits per heavy atom. The summed E-state index contributed by atoms with van der Waals surface area (Å²) in [7, 11) is 0. The van der Waals surface area contributed by atoms with Gasteiger partial charge in [0.1, 0.15) is 0 Å². The summed E-state index contributed by atoms with van der Waals surface area (Å²) < 4.78 is 2.09. The first-order valence-corrected chi connectivity index (χ1v) is 10.0. The Balaban J connectivity index is 1.63. The molecule has 1 fully saturated rings. The molecule has 1 aliphatic rings. The second-order valence-corrected chi connectivity index (χ2v) is 7.69. The molecule has 0 spiro atoms. The van der Waals surface area contributed by atoms with Crippen molar-refractivity contribution in [1.82, 2.24) is 4.57 Å². The van der Waals surface area contributed by atoms with E-state index >= 15 is 0 Å². The van der Waals surface area contributed by atoms with Crippen LogP contribution in [0.1, 0.15) is 29.7 Å². The fourth-order valence-corrected chi connectivity index (χ4v) is 3.86. The van der Waals surface area contributed by atoms with Crippen LogP contribution in [0.2, 0.25) is 0 Å². The average molecular weight is 385 g/mol. The van der Waals surface area contributed by atoms with E-state index in [1.807, 2.05) is 36.5 Å². The smallest absolute Gasteiger partial charge is 0.0707 e. The van der Waals surface area contributed by atoms with E-state index in [1.165, 1.54) is 11.3 Å². The molecule has 0 saturated carbocycles. The number of benzene rings is 2. The molecule has 0 bridgehead atoms. The summed E-state index contributed by atoms with van der Waals surface area (Å²) >= 11 is 0. The molecule has 4 N–H and O–H groups in total. The van der Waals surface area contributed by atoms with Crippen molar-refractivity contribution in [3.8, 4) is 5.69 Å². The zero-order valence-corrected chi connectivity index (χ0v) is 16.9. The molecule has 29 heavy (non-hydrogen) atoms. The van der Waals surface area contributed by atoms with Crippen molar-refractivity contribution >= 4 is 23.1 Å². The van der Waals surface area contributed by atoms with E-state index in [0.717, 1.165) is 48.4 Å². The highest BCUT2D eigenvalue weighted by Gasteiger charge is 2.14. The molecule has 0 radical (unpaired) electrons. The Bertz CT molecular complexity index is 1050. The van der Waals surface area contributed by atoms with E-state index < -0.39 is 0 Å².